The molecule has 5 heteroatoms. The molecule has 0 aliphatic rings. The minimum atomic E-state index is -0.354. The SMILES string of the molecule is COC(=O)Cn1nc(-c2ccc(F)c(C)c2)cc1C. The van der Waals surface area contributed by atoms with Gasteiger partial charge in [-0.05, 0) is 43.7 Å². The highest BCUT2D eigenvalue weighted by Crippen LogP contribution is 2.21. The van der Waals surface area contributed by atoms with Gasteiger partial charge in [0.1, 0.15) is 12.4 Å². The van der Waals surface area contributed by atoms with Crippen molar-refractivity contribution in [3.8, 4) is 11.3 Å². The van der Waals surface area contributed by atoms with Crippen molar-refractivity contribution in [1.29, 1.82) is 0 Å². The molecule has 0 N–H and O–H groups in total. The molecule has 0 saturated heterocycles. The number of carbonyl (C=O) groups excluding carboxylic acids is 1. The van der Waals surface area contributed by atoms with E-state index in [0.717, 1.165) is 11.3 Å². The molecule has 0 amide bonds. The summed E-state index contributed by atoms with van der Waals surface area (Å²) in [6.45, 7) is 3.63. The van der Waals surface area contributed by atoms with Crippen LogP contribution < -0.4 is 0 Å². The van der Waals surface area contributed by atoms with Gasteiger partial charge in [-0.25, -0.2) is 4.39 Å². The number of aryl methyl sites for hydroxylation is 2. The molecule has 0 aliphatic carbocycles. The highest BCUT2D eigenvalue weighted by atomic mass is 19.1. The predicted molar refractivity (Wildman–Crippen MR) is 69.1 cm³/mol. The van der Waals surface area contributed by atoms with Gasteiger partial charge in [0.15, 0.2) is 0 Å². The van der Waals surface area contributed by atoms with E-state index in [-0.39, 0.29) is 18.3 Å². The molecule has 2 aromatic rings. The number of esters is 1. The lowest BCUT2D eigenvalue weighted by molar-refractivity contribution is -0.141. The van der Waals surface area contributed by atoms with Crippen LogP contribution in [0.4, 0.5) is 4.39 Å². The molecule has 100 valence electrons. The number of halogens is 1. The van der Waals surface area contributed by atoms with Gasteiger partial charge in [-0.2, -0.15) is 5.10 Å². The predicted octanol–water partition coefficient (Wildman–Crippen LogP) is 2.48. The van der Waals surface area contributed by atoms with Crippen LogP contribution in [0.1, 0.15) is 11.3 Å². The summed E-state index contributed by atoms with van der Waals surface area (Å²) in [5.74, 6) is -0.595. The summed E-state index contributed by atoms with van der Waals surface area (Å²) in [7, 11) is 1.34. The molecule has 0 spiro atoms. The van der Waals surface area contributed by atoms with Gasteiger partial charge in [0.25, 0.3) is 0 Å². The maximum absolute atomic E-state index is 13.2. The van der Waals surface area contributed by atoms with Gasteiger partial charge in [-0.15, -0.1) is 0 Å². The number of benzene rings is 1. The molecule has 1 aromatic heterocycles. The highest BCUT2D eigenvalue weighted by molar-refractivity contribution is 5.69. The van der Waals surface area contributed by atoms with Crippen molar-refractivity contribution in [2.75, 3.05) is 7.11 Å². The first-order chi connectivity index (χ1) is 9.01. The monoisotopic (exact) mass is 262 g/mol. The van der Waals surface area contributed by atoms with E-state index in [1.54, 1.807) is 23.7 Å². The van der Waals surface area contributed by atoms with Crippen molar-refractivity contribution in [3.05, 3.63) is 41.3 Å². The molecule has 0 radical (unpaired) electrons. The van der Waals surface area contributed by atoms with Gasteiger partial charge in [0.05, 0.1) is 12.8 Å². The molecule has 0 bridgehead atoms. The largest absolute Gasteiger partial charge is 0.468 e. The number of aromatic nitrogens is 2. The number of methoxy groups -OCH3 is 1. The molecule has 0 fully saturated rings. The molecule has 19 heavy (non-hydrogen) atoms. The van der Waals surface area contributed by atoms with Crippen LogP contribution in [0.15, 0.2) is 24.3 Å². The third-order valence-corrected chi connectivity index (χ3v) is 2.94. The van der Waals surface area contributed by atoms with E-state index in [1.165, 1.54) is 13.2 Å². The Morgan fingerprint density at radius 1 is 1.37 bits per heavy atom. The minimum Gasteiger partial charge on any atom is -0.468 e. The maximum atomic E-state index is 13.2. The smallest absolute Gasteiger partial charge is 0.327 e. The Bertz CT molecular complexity index is 620. The third kappa shape index (κ3) is 2.81. The van der Waals surface area contributed by atoms with E-state index in [2.05, 4.69) is 9.84 Å². The molecule has 1 heterocycles. The van der Waals surface area contributed by atoms with Gasteiger partial charge in [-0.1, -0.05) is 0 Å². The lowest BCUT2D eigenvalue weighted by atomic mass is 10.1. The number of hydrogen-bond acceptors (Lipinski definition) is 3. The van der Waals surface area contributed by atoms with Crippen LogP contribution in [-0.2, 0) is 16.1 Å². The molecule has 0 aliphatic heterocycles. The van der Waals surface area contributed by atoms with E-state index >= 15 is 0 Å². The number of ether oxygens (including phenoxy) is 1. The van der Waals surface area contributed by atoms with E-state index in [9.17, 15) is 9.18 Å². The van der Waals surface area contributed by atoms with Crippen LogP contribution in [0.2, 0.25) is 0 Å². The molecular weight excluding hydrogens is 247 g/mol. The van der Waals surface area contributed by atoms with Crippen molar-refractivity contribution in [1.82, 2.24) is 9.78 Å². The fourth-order valence-electron chi connectivity index (χ4n) is 1.80. The van der Waals surface area contributed by atoms with E-state index in [0.29, 0.717) is 11.3 Å². The zero-order valence-corrected chi connectivity index (χ0v) is 11.1. The summed E-state index contributed by atoms with van der Waals surface area (Å²) in [6, 6.07) is 6.68. The molecule has 1 aromatic carbocycles. The standard InChI is InChI=1S/C14H15FN2O2/c1-9-6-11(4-5-12(9)15)13-7-10(2)17(16-13)8-14(18)19-3/h4-7H,8H2,1-3H3. The van der Waals surface area contributed by atoms with E-state index in [1.807, 2.05) is 13.0 Å². The quantitative estimate of drug-likeness (QED) is 0.798. The Labute approximate surface area is 110 Å². The van der Waals surface area contributed by atoms with Crippen LogP contribution in [0, 0.1) is 19.7 Å². The molecule has 2 rings (SSSR count). The molecule has 0 unspecified atom stereocenters. The minimum absolute atomic E-state index is 0.0719. The van der Waals surface area contributed by atoms with Gasteiger partial charge in [0.2, 0.25) is 0 Å². The van der Waals surface area contributed by atoms with Crippen molar-refractivity contribution in [2.24, 2.45) is 0 Å². The van der Waals surface area contributed by atoms with Crippen molar-refractivity contribution in [2.45, 2.75) is 20.4 Å². The summed E-state index contributed by atoms with van der Waals surface area (Å²) >= 11 is 0. The third-order valence-electron chi connectivity index (χ3n) is 2.94. The van der Waals surface area contributed by atoms with Crippen molar-refractivity contribution < 1.29 is 13.9 Å². The average Bonchev–Trinajstić information content (AvgIpc) is 2.74. The zero-order valence-electron chi connectivity index (χ0n) is 11.1. The molecule has 0 saturated carbocycles. The number of rotatable bonds is 3. The van der Waals surface area contributed by atoms with E-state index < -0.39 is 0 Å². The van der Waals surface area contributed by atoms with Gasteiger partial charge >= 0.3 is 5.97 Å². The van der Waals surface area contributed by atoms with Gasteiger partial charge in [-0.3, -0.25) is 9.48 Å². The summed E-state index contributed by atoms with van der Waals surface area (Å²) in [5, 5.41) is 4.33. The van der Waals surface area contributed by atoms with Crippen LogP contribution >= 0.6 is 0 Å². The first kappa shape index (κ1) is 13.3. The zero-order chi connectivity index (χ0) is 14.0. The number of hydrogen-bond donors (Lipinski definition) is 0. The fraction of sp³-hybridized carbons (Fsp3) is 0.286. The Balaban J connectivity index is 2.33. The van der Waals surface area contributed by atoms with E-state index in [4.69, 9.17) is 0 Å². The summed E-state index contributed by atoms with van der Waals surface area (Å²) < 4.78 is 19.4. The summed E-state index contributed by atoms with van der Waals surface area (Å²) in [5.41, 5.74) is 2.95. The van der Waals surface area contributed by atoms with Crippen LogP contribution in [0.25, 0.3) is 11.3 Å². The van der Waals surface area contributed by atoms with Crippen molar-refractivity contribution in [3.63, 3.8) is 0 Å². The Morgan fingerprint density at radius 2 is 2.11 bits per heavy atom. The first-order valence-corrected chi connectivity index (χ1v) is 5.89. The van der Waals surface area contributed by atoms with Gasteiger partial charge < -0.3 is 4.74 Å². The summed E-state index contributed by atoms with van der Waals surface area (Å²) in [6.07, 6.45) is 0. The topological polar surface area (TPSA) is 44.1 Å². The second-order valence-electron chi connectivity index (χ2n) is 4.37. The lowest BCUT2D eigenvalue weighted by Crippen LogP contribution is -2.13. The van der Waals surface area contributed by atoms with Crippen LogP contribution in [-0.4, -0.2) is 22.9 Å². The van der Waals surface area contributed by atoms with Gasteiger partial charge in [0, 0.05) is 11.3 Å². The Morgan fingerprint density at radius 3 is 2.74 bits per heavy atom. The lowest BCUT2D eigenvalue weighted by Gasteiger charge is -2.02. The number of nitrogens with zero attached hydrogens (tertiary/aromatic N) is 2. The molecule has 4 nitrogen and oxygen atoms in total. The fourth-order valence-corrected chi connectivity index (χ4v) is 1.80. The number of carbonyl (C=O) groups is 1. The average molecular weight is 262 g/mol. The molecular formula is C14H15FN2O2. The second kappa shape index (κ2) is 5.22. The normalized spacial score (nSPS) is 10.5. The first-order valence-electron chi connectivity index (χ1n) is 5.89. The van der Waals surface area contributed by atoms with Crippen LogP contribution in [0.5, 0.6) is 0 Å². The second-order valence-corrected chi connectivity index (χ2v) is 4.37. The highest BCUT2D eigenvalue weighted by Gasteiger charge is 2.10. The summed E-state index contributed by atoms with van der Waals surface area (Å²) in [4.78, 5) is 11.2. The Kier molecular flexibility index (Phi) is 3.64. The Hall–Kier alpha value is -2.17. The molecule has 0 atom stereocenters. The van der Waals surface area contributed by atoms with Crippen LogP contribution in [0.3, 0.4) is 0 Å². The maximum Gasteiger partial charge on any atom is 0.327 e. The van der Waals surface area contributed by atoms with Crippen molar-refractivity contribution >= 4 is 5.97 Å².